The van der Waals surface area contributed by atoms with Gasteiger partial charge in [0, 0.05) is 12.0 Å². The molecule has 0 amide bonds. The molecule has 0 aliphatic rings. The first-order valence-corrected chi connectivity index (χ1v) is 4.92. The quantitative estimate of drug-likeness (QED) is 0.586. The van der Waals surface area contributed by atoms with Gasteiger partial charge in [-0.15, -0.1) is 0 Å². The monoisotopic (exact) mass is 228 g/mol. The molecule has 1 aromatic carbocycles. The van der Waals surface area contributed by atoms with Gasteiger partial charge in [-0.3, -0.25) is 9.59 Å². The molecule has 0 radical (unpaired) electrons. The zero-order chi connectivity index (χ0) is 11.4. The second-order valence-corrected chi connectivity index (χ2v) is 3.52. The molecule has 0 saturated carbocycles. The molecule has 0 fully saturated rings. The predicted molar refractivity (Wildman–Crippen MR) is 55.7 cm³/mol. The highest BCUT2D eigenvalue weighted by Crippen LogP contribution is 2.19. The summed E-state index contributed by atoms with van der Waals surface area (Å²) >= 11 is 5.68. The molecule has 1 rings (SSSR count). The molecule has 0 aliphatic carbocycles. The molecular formula is C11H10ClFO2. The van der Waals surface area contributed by atoms with Crippen LogP contribution in [0.3, 0.4) is 0 Å². The first-order chi connectivity index (χ1) is 7.04. The van der Waals surface area contributed by atoms with Crippen LogP contribution in [0.2, 0.25) is 5.02 Å². The lowest BCUT2D eigenvalue weighted by atomic mass is 10.0. The van der Waals surface area contributed by atoms with Gasteiger partial charge in [0.1, 0.15) is 11.6 Å². The third-order valence-corrected chi connectivity index (χ3v) is 2.30. The van der Waals surface area contributed by atoms with Crippen LogP contribution < -0.4 is 0 Å². The van der Waals surface area contributed by atoms with Crippen LogP contribution >= 0.6 is 11.6 Å². The molecule has 0 atom stereocenters. The summed E-state index contributed by atoms with van der Waals surface area (Å²) in [5.74, 6) is -1.02. The maximum Gasteiger partial charge on any atom is 0.171 e. The Balaban J connectivity index is 2.87. The van der Waals surface area contributed by atoms with E-state index < -0.39 is 5.82 Å². The Morgan fingerprint density at radius 2 is 2.07 bits per heavy atom. The summed E-state index contributed by atoms with van der Waals surface area (Å²) in [7, 11) is 0. The van der Waals surface area contributed by atoms with Crippen molar-refractivity contribution in [2.75, 3.05) is 0 Å². The van der Waals surface area contributed by atoms with Gasteiger partial charge >= 0.3 is 0 Å². The van der Waals surface area contributed by atoms with Crippen LogP contribution in [0.4, 0.5) is 4.39 Å². The Bertz CT molecular complexity index is 402. The van der Waals surface area contributed by atoms with E-state index in [-0.39, 0.29) is 28.6 Å². The van der Waals surface area contributed by atoms with Gasteiger partial charge in [0.25, 0.3) is 0 Å². The molecule has 0 N–H and O–H groups in total. The average Bonchev–Trinajstić information content (AvgIpc) is 2.17. The minimum absolute atomic E-state index is 0.0453. The molecule has 80 valence electrons. The van der Waals surface area contributed by atoms with Crippen molar-refractivity contribution in [3.63, 3.8) is 0 Å². The molecule has 1 aromatic rings. The van der Waals surface area contributed by atoms with E-state index in [1.165, 1.54) is 6.07 Å². The summed E-state index contributed by atoms with van der Waals surface area (Å²) in [6.45, 7) is 1.68. The number of carbonyl (C=O) groups is 2. The van der Waals surface area contributed by atoms with Crippen LogP contribution in [0.15, 0.2) is 18.2 Å². The minimum atomic E-state index is -0.502. The molecule has 0 heterocycles. The van der Waals surface area contributed by atoms with Crippen molar-refractivity contribution < 1.29 is 14.0 Å². The molecule has 2 nitrogen and oxygen atoms in total. The van der Waals surface area contributed by atoms with Crippen molar-refractivity contribution in [2.24, 2.45) is 0 Å². The van der Waals surface area contributed by atoms with Crippen LogP contribution in [0.1, 0.15) is 30.1 Å². The maximum atomic E-state index is 12.7. The van der Waals surface area contributed by atoms with Gasteiger partial charge in [0.15, 0.2) is 5.78 Å². The van der Waals surface area contributed by atoms with Gasteiger partial charge in [-0.2, -0.15) is 0 Å². The lowest BCUT2D eigenvalue weighted by Crippen LogP contribution is -2.07. The molecule has 0 aromatic heterocycles. The number of carbonyl (C=O) groups excluding carboxylic acids is 2. The smallest absolute Gasteiger partial charge is 0.171 e. The molecule has 0 spiro atoms. The highest BCUT2D eigenvalue weighted by Gasteiger charge is 2.13. The predicted octanol–water partition coefficient (Wildman–Crippen LogP) is 3.03. The van der Waals surface area contributed by atoms with Crippen LogP contribution in [0.5, 0.6) is 0 Å². The Kier molecular flexibility index (Phi) is 3.97. The summed E-state index contributed by atoms with van der Waals surface area (Å²) in [5.41, 5.74) is 0.194. The zero-order valence-electron chi connectivity index (χ0n) is 8.22. The van der Waals surface area contributed by atoms with E-state index >= 15 is 0 Å². The highest BCUT2D eigenvalue weighted by atomic mass is 35.5. The van der Waals surface area contributed by atoms with Gasteiger partial charge in [0.2, 0.25) is 0 Å². The van der Waals surface area contributed by atoms with E-state index in [0.29, 0.717) is 6.42 Å². The lowest BCUT2D eigenvalue weighted by Gasteiger charge is -2.02. The first-order valence-electron chi connectivity index (χ1n) is 4.54. The van der Waals surface area contributed by atoms with Crippen LogP contribution in [0.25, 0.3) is 0 Å². The molecule has 0 aliphatic heterocycles. The number of hydrogen-bond donors (Lipinski definition) is 0. The summed E-state index contributed by atoms with van der Waals surface area (Å²) in [5, 5.41) is 0.0453. The molecule has 4 heteroatoms. The summed E-state index contributed by atoms with van der Waals surface area (Å²) in [4.78, 5) is 22.6. The third kappa shape index (κ3) is 3.13. The molecule has 0 saturated heterocycles. The second-order valence-electron chi connectivity index (χ2n) is 3.12. The van der Waals surface area contributed by atoms with Gasteiger partial charge < -0.3 is 0 Å². The van der Waals surface area contributed by atoms with Crippen molar-refractivity contribution in [1.29, 1.82) is 0 Å². The summed E-state index contributed by atoms with van der Waals surface area (Å²) < 4.78 is 12.7. The molecule has 0 unspecified atom stereocenters. The summed E-state index contributed by atoms with van der Waals surface area (Å²) in [6, 6.07) is 3.50. The van der Waals surface area contributed by atoms with Crippen molar-refractivity contribution in [1.82, 2.24) is 0 Å². The van der Waals surface area contributed by atoms with Crippen molar-refractivity contribution in [3.8, 4) is 0 Å². The fraction of sp³-hybridized carbons (Fsp3) is 0.273. The van der Waals surface area contributed by atoms with E-state index in [9.17, 15) is 14.0 Å². The van der Waals surface area contributed by atoms with Crippen molar-refractivity contribution in [3.05, 3.63) is 34.6 Å². The van der Waals surface area contributed by atoms with Gasteiger partial charge in [-0.25, -0.2) is 4.39 Å². The zero-order valence-corrected chi connectivity index (χ0v) is 8.97. The maximum absolute atomic E-state index is 12.7. The second kappa shape index (κ2) is 5.03. The highest BCUT2D eigenvalue weighted by molar-refractivity contribution is 6.34. The largest absolute Gasteiger partial charge is 0.299 e. The lowest BCUT2D eigenvalue weighted by molar-refractivity contribution is -0.117. The first kappa shape index (κ1) is 11.9. The number of Topliss-reactive ketones (excluding diaryl/α,β-unsaturated/α-hetero) is 2. The Labute approximate surface area is 92.0 Å². The SMILES string of the molecule is CCC(=O)CC(=O)c1ccc(F)cc1Cl. The fourth-order valence-electron chi connectivity index (χ4n) is 1.11. The van der Waals surface area contributed by atoms with Crippen molar-refractivity contribution in [2.45, 2.75) is 19.8 Å². The molecule has 0 bridgehead atoms. The van der Waals surface area contributed by atoms with Crippen LogP contribution in [-0.2, 0) is 4.79 Å². The molecular weight excluding hydrogens is 219 g/mol. The Morgan fingerprint density at radius 3 is 2.60 bits per heavy atom. The van der Waals surface area contributed by atoms with E-state index in [0.717, 1.165) is 12.1 Å². The van der Waals surface area contributed by atoms with Gasteiger partial charge in [0.05, 0.1) is 11.4 Å². The standard InChI is InChI=1S/C11H10ClFO2/c1-2-8(14)6-11(15)9-4-3-7(13)5-10(9)12/h3-5H,2,6H2,1H3. The third-order valence-electron chi connectivity index (χ3n) is 1.98. The van der Waals surface area contributed by atoms with Gasteiger partial charge in [-0.05, 0) is 18.2 Å². The number of hydrogen-bond acceptors (Lipinski definition) is 2. The normalized spacial score (nSPS) is 10.1. The minimum Gasteiger partial charge on any atom is -0.299 e. The Hall–Kier alpha value is -1.22. The number of benzene rings is 1. The average molecular weight is 229 g/mol. The Morgan fingerprint density at radius 1 is 1.40 bits per heavy atom. The van der Waals surface area contributed by atoms with Crippen molar-refractivity contribution >= 4 is 23.2 Å². The van der Waals surface area contributed by atoms with E-state index in [4.69, 9.17) is 11.6 Å². The van der Waals surface area contributed by atoms with Crippen LogP contribution in [-0.4, -0.2) is 11.6 Å². The number of ketones is 2. The van der Waals surface area contributed by atoms with E-state index in [1.807, 2.05) is 0 Å². The summed E-state index contributed by atoms with van der Waals surface area (Å²) in [6.07, 6.45) is 0.131. The van der Waals surface area contributed by atoms with E-state index in [2.05, 4.69) is 0 Å². The fourth-order valence-corrected chi connectivity index (χ4v) is 1.39. The number of halogens is 2. The van der Waals surface area contributed by atoms with Gasteiger partial charge in [-0.1, -0.05) is 18.5 Å². The van der Waals surface area contributed by atoms with E-state index in [1.54, 1.807) is 6.92 Å². The van der Waals surface area contributed by atoms with Crippen LogP contribution in [0, 0.1) is 5.82 Å². The number of rotatable bonds is 4. The molecule has 15 heavy (non-hydrogen) atoms. The topological polar surface area (TPSA) is 34.1 Å².